The summed E-state index contributed by atoms with van der Waals surface area (Å²) in [5.41, 5.74) is -4.31. The molecule has 0 spiro atoms. The van der Waals surface area contributed by atoms with E-state index in [4.69, 9.17) is 9.47 Å². The Labute approximate surface area is 226 Å². The summed E-state index contributed by atoms with van der Waals surface area (Å²) in [5.74, 6) is -0.775. The van der Waals surface area contributed by atoms with Gasteiger partial charge in [-0.05, 0) is 48.4 Å². The first kappa shape index (κ1) is 30.9. The van der Waals surface area contributed by atoms with E-state index >= 15 is 0 Å². The van der Waals surface area contributed by atoms with E-state index in [-0.39, 0.29) is 36.0 Å². The normalized spacial score (nSPS) is 19.9. The molecule has 1 saturated heterocycles. The van der Waals surface area contributed by atoms with Crippen molar-refractivity contribution in [3.8, 4) is 0 Å². The van der Waals surface area contributed by atoms with Crippen LogP contribution in [-0.2, 0) is 32.9 Å². The van der Waals surface area contributed by atoms with Gasteiger partial charge in [0, 0.05) is 6.54 Å². The van der Waals surface area contributed by atoms with Crippen molar-refractivity contribution in [2.45, 2.75) is 44.3 Å². The van der Waals surface area contributed by atoms with Gasteiger partial charge in [-0.25, -0.2) is 13.8 Å². The molecule has 1 aliphatic heterocycles. The zero-order chi connectivity index (χ0) is 30.3. The zero-order valence-electron chi connectivity index (χ0n) is 20.9. The number of rotatable bonds is 7. The van der Waals surface area contributed by atoms with Gasteiger partial charge in [-0.1, -0.05) is 12.1 Å². The number of nitrogens with zero attached hydrogens (tertiary/aromatic N) is 3. The second kappa shape index (κ2) is 11.3. The van der Waals surface area contributed by atoms with Gasteiger partial charge in [-0.15, -0.1) is 9.55 Å². The lowest BCUT2D eigenvalue weighted by molar-refractivity contribution is -0.231. The maximum absolute atomic E-state index is 13.7. The van der Waals surface area contributed by atoms with Crippen LogP contribution in [-0.4, -0.2) is 48.7 Å². The van der Waals surface area contributed by atoms with E-state index in [0.717, 1.165) is 12.1 Å². The maximum Gasteiger partial charge on any atom is 0.454 e. The Hall–Kier alpha value is -3.08. The molecule has 1 fully saturated rings. The number of alkyl halides is 6. The first-order valence-corrected chi connectivity index (χ1v) is 13.3. The Morgan fingerprint density at radius 3 is 2.20 bits per heavy atom. The Morgan fingerprint density at radius 2 is 1.68 bits per heavy atom. The van der Waals surface area contributed by atoms with Crippen molar-refractivity contribution in [1.29, 1.82) is 0 Å². The molecule has 18 heteroatoms. The second-order valence-corrected chi connectivity index (χ2v) is 10.5. The minimum Gasteiger partial charge on any atom is -0.349 e. The molecule has 0 unspecified atom stereocenters. The van der Waals surface area contributed by atoms with Crippen molar-refractivity contribution in [2.75, 3.05) is 13.2 Å². The molecular weight excluding hydrogens is 592 g/mol. The number of H-pyrrole nitrogens is 1. The van der Waals surface area contributed by atoms with E-state index < -0.39 is 66.7 Å². The third-order valence-electron chi connectivity index (χ3n) is 6.19. The van der Waals surface area contributed by atoms with Crippen molar-refractivity contribution >= 4 is 7.75 Å². The van der Waals surface area contributed by atoms with E-state index in [1.807, 2.05) is 0 Å². The first-order valence-electron chi connectivity index (χ1n) is 11.7. The lowest BCUT2D eigenvalue weighted by Crippen LogP contribution is -2.46. The Morgan fingerprint density at radius 1 is 1.10 bits per heavy atom. The summed E-state index contributed by atoms with van der Waals surface area (Å²) in [6.07, 6.45) is -12.8. The van der Waals surface area contributed by atoms with Crippen LogP contribution in [0.25, 0.3) is 0 Å². The number of hydrogen-bond donors (Lipinski definition) is 3. The van der Waals surface area contributed by atoms with E-state index in [1.54, 1.807) is 4.90 Å². The van der Waals surface area contributed by atoms with E-state index in [1.165, 1.54) is 19.1 Å². The van der Waals surface area contributed by atoms with Crippen LogP contribution >= 0.6 is 7.75 Å². The molecule has 224 valence electrons. The molecule has 0 amide bonds. The van der Waals surface area contributed by atoms with E-state index in [2.05, 4.69) is 10.1 Å². The second-order valence-electron chi connectivity index (χ2n) is 9.10. The average Bonchev–Trinajstić information content (AvgIpc) is 3.24. The molecule has 0 radical (unpaired) electrons. The van der Waals surface area contributed by atoms with Crippen molar-refractivity contribution < 1.29 is 54.6 Å². The third kappa shape index (κ3) is 7.23. The zero-order valence-corrected chi connectivity index (χ0v) is 21.8. The van der Waals surface area contributed by atoms with Crippen molar-refractivity contribution in [2.24, 2.45) is 0 Å². The van der Waals surface area contributed by atoms with Gasteiger partial charge in [0.15, 0.2) is 6.29 Å². The van der Waals surface area contributed by atoms with Gasteiger partial charge >= 0.3 is 25.8 Å². The monoisotopic (exact) mass is 614 g/mol. The average molecular weight is 614 g/mol. The van der Waals surface area contributed by atoms with Crippen molar-refractivity contribution in [1.82, 2.24) is 19.4 Å². The summed E-state index contributed by atoms with van der Waals surface area (Å²) in [6.45, 7) is 1.04. The van der Waals surface area contributed by atoms with Crippen LogP contribution in [0.1, 0.15) is 47.1 Å². The Balaban J connectivity index is 1.68. The molecule has 2 aromatic carbocycles. The quantitative estimate of drug-likeness (QED) is 0.265. The number of ether oxygens (including phenoxy) is 2. The van der Waals surface area contributed by atoms with E-state index in [0.29, 0.717) is 17.7 Å². The molecular formula is C23H22F7N4O6P. The lowest BCUT2D eigenvalue weighted by atomic mass is 10.0. The molecule has 3 atom stereocenters. The molecule has 1 aliphatic rings. The minimum atomic E-state index is -5.07. The topological polar surface area (TPSA) is 130 Å². The predicted octanol–water partition coefficient (Wildman–Crippen LogP) is 4.37. The summed E-state index contributed by atoms with van der Waals surface area (Å²) in [4.78, 5) is 34.3. The maximum atomic E-state index is 13.7. The third-order valence-corrected chi connectivity index (χ3v) is 6.95. The summed E-state index contributed by atoms with van der Waals surface area (Å²) < 4.78 is 117. The molecule has 2 heterocycles. The van der Waals surface area contributed by atoms with Gasteiger partial charge in [-0.3, -0.25) is 9.88 Å². The van der Waals surface area contributed by atoms with Crippen LogP contribution < -0.4 is 5.69 Å². The molecule has 1 aromatic heterocycles. The smallest absolute Gasteiger partial charge is 0.349 e. The molecule has 0 saturated carbocycles. The van der Waals surface area contributed by atoms with Crippen LogP contribution in [0.2, 0.25) is 0 Å². The Bertz CT molecular complexity index is 1450. The lowest BCUT2D eigenvalue weighted by Gasteiger charge is -2.41. The molecule has 0 aliphatic carbocycles. The number of hydrogen-bond acceptors (Lipinski definition) is 6. The fraction of sp³-hybridized carbons (Fsp3) is 0.391. The summed E-state index contributed by atoms with van der Waals surface area (Å²) >= 11 is 0. The number of aromatic amines is 1. The standard InChI is InChI=1S/C23H22F7N4O6P/c1-12(14-8-15(22(25,26)27)10-16(9-14)23(28,29)30)40-20-19(13-2-4-17(24)5-3-13)33(6-7-39-20)11-18-31-21(35)34(32-18)41(36,37)38/h2-5,8-10,12,19-20H,6-7,11H2,1H3,(H,31,32,35)(H2,36,37,38)/t12-,19-,20+/m1/s1. The molecule has 10 nitrogen and oxygen atoms in total. The predicted molar refractivity (Wildman–Crippen MR) is 126 cm³/mol. The fourth-order valence-electron chi connectivity index (χ4n) is 4.30. The highest BCUT2D eigenvalue weighted by atomic mass is 31.2. The van der Waals surface area contributed by atoms with Crippen LogP contribution in [0, 0.1) is 5.82 Å². The highest BCUT2D eigenvalue weighted by Crippen LogP contribution is 2.40. The molecule has 4 rings (SSSR count). The molecule has 3 N–H and O–H groups in total. The van der Waals surface area contributed by atoms with E-state index in [9.17, 15) is 49.9 Å². The van der Waals surface area contributed by atoms with Gasteiger partial charge in [0.25, 0.3) is 0 Å². The van der Waals surface area contributed by atoms with Gasteiger partial charge in [0.2, 0.25) is 0 Å². The van der Waals surface area contributed by atoms with Crippen LogP contribution in [0.3, 0.4) is 0 Å². The van der Waals surface area contributed by atoms with Crippen molar-refractivity contribution in [3.63, 3.8) is 0 Å². The summed E-state index contributed by atoms with van der Waals surface area (Å²) in [6, 6.07) is 5.01. The van der Waals surface area contributed by atoms with Gasteiger partial charge < -0.3 is 19.3 Å². The minimum absolute atomic E-state index is 0.00603. The van der Waals surface area contributed by atoms with Gasteiger partial charge in [-0.2, -0.15) is 26.3 Å². The number of morpholine rings is 1. The highest BCUT2D eigenvalue weighted by molar-refractivity contribution is 7.49. The highest BCUT2D eigenvalue weighted by Gasteiger charge is 2.39. The van der Waals surface area contributed by atoms with Crippen LogP contribution in [0.15, 0.2) is 47.3 Å². The number of halogens is 7. The molecule has 3 aromatic rings. The summed E-state index contributed by atoms with van der Waals surface area (Å²) in [5, 5.41) is 3.61. The SMILES string of the molecule is C[C@@H](O[C@@H]1OCCN(Cc2nn(P(=O)(O)O)c(=O)[nH]2)[C@@H]1c1ccc(F)cc1)c1cc(C(F)(F)F)cc(C(F)(F)F)c1. The number of benzene rings is 2. The number of nitrogens with one attached hydrogen (secondary N) is 1. The van der Waals surface area contributed by atoms with Crippen molar-refractivity contribution in [3.05, 3.63) is 86.8 Å². The summed E-state index contributed by atoms with van der Waals surface area (Å²) in [7, 11) is -5.07. The van der Waals surface area contributed by atoms with Gasteiger partial charge in [0.05, 0.1) is 36.4 Å². The number of aromatic nitrogens is 3. The first-order chi connectivity index (χ1) is 18.9. The fourth-order valence-corrected chi connectivity index (χ4v) is 4.81. The largest absolute Gasteiger partial charge is 0.454 e. The van der Waals surface area contributed by atoms with Crippen LogP contribution in [0.4, 0.5) is 30.7 Å². The van der Waals surface area contributed by atoms with Gasteiger partial charge in [0.1, 0.15) is 11.6 Å². The Kier molecular flexibility index (Phi) is 8.51. The van der Waals surface area contributed by atoms with Crippen LogP contribution in [0.5, 0.6) is 0 Å². The molecule has 41 heavy (non-hydrogen) atoms. The molecule has 0 bridgehead atoms.